The Labute approximate surface area is 92.7 Å². The van der Waals surface area contributed by atoms with Crippen LogP contribution in [0, 0.1) is 5.92 Å². The molecule has 4 nitrogen and oxygen atoms in total. The van der Waals surface area contributed by atoms with E-state index >= 15 is 0 Å². The van der Waals surface area contributed by atoms with Crippen LogP contribution in [0.3, 0.4) is 0 Å². The van der Waals surface area contributed by atoms with Gasteiger partial charge in [0.05, 0.1) is 25.9 Å². The van der Waals surface area contributed by atoms with Crippen LogP contribution in [-0.2, 0) is 9.47 Å². The molecule has 2 unspecified atom stereocenters. The molecule has 0 amide bonds. The van der Waals surface area contributed by atoms with E-state index < -0.39 is 0 Å². The van der Waals surface area contributed by atoms with Crippen LogP contribution in [0.4, 0.5) is 0 Å². The number of ether oxygens (including phenoxy) is 2. The molecule has 0 spiro atoms. The summed E-state index contributed by atoms with van der Waals surface area (Å²) in [5.74, 6) is 0.538. The van der Waals surface area contributed by atoms with Crippen molar-refractivity contribution in [3.05, 3.63) is 0 Å². The van der Waals surface area contributed by atoms with Gasteiger partial charge in [-0.05, 0) is 12.3 Å². The van der Waals surface area contributed by atoms with Crippen molar-refractivity contribution in [2.75, 3.05) is 26.4 Å². The third-order valence-corrected chi connectivity index (χ3v) is 2.14. The van der Waals surface area contributed by atoms with E-state index in [0.717, 1.165) is 13.0 Å². The number of hydrogen-bond donors (Lipinski definition) is 2. The molecule has 0 radical (unpaired) electrons. The second-order valence-electron chi connectivity index (χ2n) is 4.13. The average Bonchev–Trinajstić information content (AvgIpc) is 2.22. The molecule has 0 rings (SSSR count). The molecule has 92 valence electrons. The number of rotatable bonds is 9. The van der Waals surface area contributed by atoms with Crippen molar-refractivity contribution in [1.82, 2.24) is 0 Å². The van der Waals surface area contributed by atoms with Gasteiger partial charge in [0.2, 0.25) is 0 Å². The predicted molar refractivity (Wildman–Crippen MR) is 60.7 cm³/mol. The summed E-state index contributed by atoms with van der Waals surface area (Å²) in [6.45, 7) is 7.95. The van der Waals surface area contributed by atoms with Gasteiger partial charge < -0.3 is 20.3 Å². The molecular formula is C11H25NO3. The van der Waals surface area contributed by atoms with E-state index in [4.69, 9.17) is 20.3 Å². The van der Waals surface area contributed by atoms with Gasteiger partial charge in [-0.2, -0.15) is 0 Å². The second-order valence-corrected chi connectivity index (χ2v) is 4.13. The number of aliphatic hydroxyl groups excluding tert-OH is 1. The van der Waals surface area contributed by atoms with Gasteiger partial charge in [0, 0.05) is 12.6 Å². The summed E-state index contributed by atoms with van der Waals surface area (Å²) in [4.78, 5) is 0. The molecule has 0 heterocycles. The molecule has 0 aromatic rings. The lowest BCUT2D eigenvalue weighted by Gasteiger charge is -2.21. The fourth-order valence-corrected chi connectivity index (χ4v) is 1.15. The molecule has 0 bridgehead atoms. The fourth-order valence-electron chi connectivity index (χ4n) is 1.15. The van der Waals surface area contributed by atoms with Crippen LogP contribution in [0.1, 0.15) is 27.2 Å². The quantitative estimate of drug-likeness (QED) is 0.562. The normalized spacial score (nSPS) is 15.6. The second kappa shape index (κ2) is 9.09. The predicted octanol–water partition coefficient (Wildman–Crippen LogP) is 0.774. The molecule has 0 fully saturated rings. The molecule has 4 heteroatoms. The topological polar surface area (TPSA) is 64.7 Å². The van der Waals surface area contributed by atoms with Gasteiger partial charge in [0.25, 0.3) is 0 Å². The van der Waals surface area contributed by atoms with E-state index in [0.29, 0.717) is 19.1 Å². The minimum atomic E-state index is -0.266. The smallest absolute Gasteiger partial charge is 0.0957 e. The molecule has 3 N–H and O–H groups in total. The lowest BCUT2D eigenvalue weighted by Crippen LogP contribution is -2.39. The van der Waals surface area contributed by atoms with Crippen LogP contribution in [0.25, 0.3) is 0 Å². The molecular weight excluding hydrogens is 194 g/mol. The molecule has 0 aliphatic rings. The Bertz CT molecular complexity index is 142. The first-order valence-corrected chi connectivity index (χ1v) is 5.67. The Morgan fingerprint density at radius 1 is 1.27 bits per heavy atom. The Hall–Kier alpha value is -0.160. The first-order valence-electron chi connectivity index (χ1n) is 5.67. The summed E-state index contributed by atoms with van der Waals surface area (Å²) < 4.78 is 10.8. The van der Waals surface area contributed by atoms with Gasteiger partial charge in [-0.25, -0.2) is 0 Å². The van der Waals surface area contributed by atoms with Crippen molar-refractivity contribution in [2.24, 2.45) is 11.7 Å². The highest BCUT2D eigenvalue weighted by atomic mass is 16.5. The third-order valence-electron chi connectivity index (χ3n) is 2.14. The van der Waals surface area contributed by atoms with Crippen LogP contribution >= 0.6 is 0 Å². The maximum Gasteiger partial charge on any atom is 0.0957 e. The first-order chi connectivity index (χ1) is 7.11. The molecule has 0 saturated carbocycles. The van der Waals surface area contributed by atoms with Gasteiger partial charge in [-0.15, -0.1) is 0 Å². The monoisotopic (exact) mass is 219 g/mol. The lowest BCUT2D eigenvalue weighted by molar-refractivity contribution is -0.0334. The lowest BCUT2D eigenvalue weighted by atomic mass is 10.1. The molecule has 0 aromatic heterocycles. The highest BCUT2D eigenvalue weighted by molar-refractivity contribution is 4.70. The molecule has 15 heavy (non-hydrogen) atoms. The summed E-state index contributed by atoms with van der Waals surface area (Å²) in [6, 6.07) is -0.0971. The van der Waals surface area contributed by atoms with Crippen LogP contribution in [-0.4, -0.2) is 43.7 Å². The summed E-state index contributed by atoms with van der Waals surface area (Å²) in [6.07, 6.45) is 0.538. The molecule has 0 saturated heterocycles. The minimum Gasteiger partial charge on any atom is -0.394 e. The van der Waals surface area contributed by atoms with E-state index in [1.165, 1.54) is 0 Å². The van der Waals surface area contributed by atoms with Crippen LogP contribution in [0.2, 0.25) is 0 Å². The summed E-state index contributed by atoms with van der Waals surface area (Å²) in [7, 11) is 0. The maximum absolute atomic E-state index is 9.03. The van der Waals surface area contributed by atoms with E-state index in [-0.39, 0.29) is 18.8 Å². The van der Waals surface area contributed by atoms with E-state index in [2.05, 4.69) is 13.8 Å². The van der Waals surface area contributed by atoms with Crippen molar-refractivity contribution in [1.29, 1.82) is 0 Å². The maximum atomic E-state index is 9.03. The van der Waals surface area contributed by atoms with Gasteiger partial charge in [-0.1, -0.05) is 20.8 Å². The van der Waals surface area contributed by atoms with E-state index in [1.807, 2.05) is 6.92 Å². The standard InChI is InChI=1S/C11H25NO3/c1-4-10(12)11(7-13)15-6-5-14-8-9(2)3/h9-11,13H,4-8,12H2,1-3H3. The van der Waals surface area contributed by atoms with E-state index in [1.54, 1.807) is 0 Å². The Morgan fingerprint density at radius 2 is 1.93 bits per heavy atom. The largest absolute Gasteiger partial charge is 0.394 e. The summed E-state index contributed by atoms with van der Waals surface area (Å²) in [5, 5.41) is 9.03. The Balaban J connectivity index is 3.46. The number of aliphatic hydroxyl groups is 1. The zero-order valence-electron chi connectivity index (χ0n) is 10.1. The zero-order valence-corrected chi connectivity index (χ0v) is 10.1. The van der Waals surface area contributed by atoms with Gasteiger partial charge in [-0.3, -0.25) is 0 Å². The van der Waals surface area contributed by atoms with Crippen molar-refractivity contribution >= 4 is 0 Å². The number of nitrogens with two attached hydrogens (primary N) is 1. The summed E-state index contributed by atoms with van der Waals surface area (Å²) >= 11 is 0. The van der Waals surface area contributed by atoms with Crippen molar-refractivity contribution in [3.63, 3.8) is 0 Å². The van der Waals surface area contributed by atoms with Crippen molar-refractivity contribution < 1.29 is 14.6 Å². The van der Waals surface area contributed by atoms with Crippen LogP contribution in [0.5, 0.6) is 0 Å². The van der Waals surface area contributed by atoms with Crippen molar-refractivity contribution in [3.8, 4) is 0 Å². The highest BCUT2D eigenvalue weighted by Gasteiger charge is 2.15. The van der Waals surface area contributed by atoms with Crippen LogP contribution < -0.4 is 5.73 Å². The molecule has 0 aromatic carbocycles. The van der Waals surface area contributed by atoms with Crippen molar-refractivity contribution in [2.45, 2.75) is 39.3 Å². The fraction of sp³-hybridized carbons (Fsp3) is 1.00. The Kier molecular flexibility index (Phi) is 9.00. The zero-order chi connectivity index (χ0) is 11.7. The average molecular weight is 219 g/mol. The molecule has 0 aliphatic carbocycles. The highest BCUT2D eigenvalue weighted by Crippen LogP contribution is 2.00. The summed E-state index contributed by atoms with van der Waals surface area (Å²) in [5.41, 5.74) is 5.76. The Morgan fingerprint density at radius 3 is 2.40 bits per heavy atom. The third kappa shape index (κ3) is 7.73. The minimum absolute atomic E-state index is 0.0286. The van der Waals surface area contributed by atoms with E-state index in [9.17, 15) is 0 Å². The molecule has 2 atom stereocenters. The SMILES string of the molecule is CCC(N)C(CO)OCCOCC(C)C. The van der Waals surface area contributed by atoms with Gasteiger partial charge in [0.15, 0.2) is 0 Å². The number of hydrogen-bond acceptors (Lipinski definition) is 4. The molecule has 0 aliphatic heterocycles. The van der Waals surface area contributed by atoms with Crippen LogP contribution in [0.15, 0.2) is 0 Å². The van der Waals surface area contributed by atoms with Gasteiger partial charge >= 0.3 is 0 Å². The first kappa shape index (κ1) is 14.8. The van der Waals surface area contributed by atoms with Gasteiger partial charge in [0.1, 0.15) is 0 Å².